The molecule has 1 fully saturated rings. The van der Waals surface area contributed by atoms with Crippen LogP contribution in [0.3, 0.4) is 0 Å². The quantitative estimate of drug-likeness (QED) is 0.197. The topological polar surface area (TPSA) is 139 Å². The lowest BCUT2D eigenvalue weighted by Crippen LogP contribution is -2.54. The largest absolute Gasteiger partial charge is 0.497 e. The number of ether oxygens (including phenoxy) is 1. The number of nitro groups is 1. The summed E-state index contributed by atoms with van der Waals surface area (Å²) in [6.45, 7) is 2.78. The van der Waals surface area contributed by atoms with Crippen molar-refractivity contribution >= 4 is 33.2 Å². The van der Waals surface area contributed by atoms with Crippen LogP contribution < -0.4 is 14.4 Å². The van der Waals surface area contributed by atoms with Crippen LogP contribution in [0.5, 0.6) is 5.75 Å². The van der Waals surface area contributed by atoms with Crippen molar-refractivity contribution in [1.29, 1.82) is 0 Å². The molecule has 0 radical (unpaired) electrons. The Morgan fingerprint density at radius 1 is 1.02 bits per heavy atom. The first-order valence-corrected chi connectivity index (χ1v) is 16.5. The average molecular weight is 637 g/mol. The molecule has 1 aliphatic carbocycles. The molecule has 3 aromatic carbocycles. The van der Waals surface area contributed by atoms with E-state index in [-0.39, 0.29) is 34.8 Å². The van der Waals surface area contributed by atoms with Crippen LogP contribution in [0.25, 0.3) is 0 Å². The Balaban J connectivity index is 1.74. The van der Waals surface area contributed by atoms with Gasteiger partial charge in [0.15, 0.2) is 0 Å². The Labute approximate surface area is 264 Å². The Morgan fingerprint density at radius 2 is 1.69 bits per heavy atom. The van der Waals surface area contributed by atoms with E-state index in [0.717, 1.165) is 48.0 Å². The molecule has 1 atom stereocenters. The number of nitrogens with zero attached hydrogens (tertiary/aromatic N) is 3. The van der Waals surface area contributed by atoms with Gasteiger partial charge >= 0.3 is 0 Å². The highest BCUT2D eigenvalue weighted by Gasteiger charge is 2.35. The van der Waals surface area contributed by atoms with Gasteiger partial charge in [-0.2, -0.15) is 0 Å². The van der Waals surface area contributed by atoms with Crippen LogP contribution in [0.1, 0.15) is 56.6 Å². The predicted octanol–water partition coefficient (Wildman–Crippen LogP) is 5.36. The molecule has 1 unspecified atom stereocenters. The van der Waals surface area contributed by atoms with Crippen LogP contribution in [0.4, 0.5) is 11.4 Å². The zero-order valence-corrected chi connectivity index (χ0v) is 26.7. The molecule has 1 saturated carbocycles. The highest BCUT2D eigenvalue weighted by atomic mass is 32.2. The van der Waals surface area contributed by atoms with Crippen molar-refractivity contribution in [3.8, 4) is 5.75 Å². The van der Waals surface area contributed by atoms with Gasteiger partial charge in [-0.05, 0) is 62.1 Å². The minimum atomic E-state index is -4.48. The van der Waals surface area contributed by atoms with Crippen molar-refractivity contribution in [3.05, 3.63) is 94.0 Å². The molecule has 0 aliphatic heterocycles. The van der Waals surface area contributed by atoms with Gasteiger partial charge in [-0.25, -0.2) is 8.42 Å². The Kier molecular flexibility index (Phi) is 11.2. The van der Waals surface area contributed by atoms with Crippen LogP contribution in [-0.4, -0.2) is 55.8 Å². The number of carbonyl (C=O) groups excluding carboxylic acids is 2. The molecule has 0 bridgehead atoms. The summed E-state index contributed by atoms with van der Waals surface area (Å²) < 4.78 is 34.5. The number of anilines is 1. The van der Waals surface area contributed by atoms with Gasteiger partial charge in [0.2, 0.25) is 11.8 Å². The van der Waals surface area contributed by atoms with E-state index in [1.165, 1.54) is 43.2 Å². The maximum Gasteiger partial charge on any atom is 0.273 e. The summed E-state index contributed by atoms with van der Waals surface area (Å²) in [5.41, 5.74) is 0.887. The third-order valence-corrected chi connectivity index (χ3v) is 9.91. The van der Waals surface area contributed by atoms with E-state index in [4.69, 9.17) is 4.74 Å². The second-order valence-corrected chi connectivity index (χ2v) is 13.1. The number of sulfonamides is 1. The minimum Gasteiger partial charge on any atom is -0.497 e. The first-order chi connectivity index (χ1) is 21.5. The SMILES string of the molecule is CCC(C(=O)NC1CCCCC1)N(Cc1ccccc1)C(=O)CN(c1ccc(OC)cc1)S(=O)(=O)c1ccc(C)c([N+](=O)[O-])c1. The Morgan fingerprint density at radius 3 is 2.29 bits per heavy atom. The maximum atomic E-state index is 14.3. The smallest absolute Gasteiger partial charge is 0.273 e. The second kappa shape index (κ2) is 15.0. The third-order valence-electron chi connectivity index (χ3n) is 8.14. The lowest BCUT2D eigenvalue weighted by atomic mass is 9.95. The van der Waals surface area contributed by atoms with Gasteiger partial charge in [0, 0.05) is 24.2 Å². The number of hydrogen-bond donors (Lipinski definition) is 1. The van der Waals surface area contributed by atoms with E-state index >= 15 is 0 Å². The van der Waals surface area contributed by atoms with E-state index in [0.29, 0.717) is 17.7 Å². The maximum absolute atomic E-state index is 14.3. The van der Waals surface area contributed by atoms with E-state index in [1.807, 2.05) is 37.3 Å². The molecule has 0 saturated heterocycles. The predicted molar refractivity (Wildman–Crippen MR) is 171 cm³/mol. The van der Waals surface area contributed by atoms with E-state index in [1.54, 1.807) is 12.1 Å². The Hall–Kier alpha value is -4.45. The molecule has 1 N–H and O–H groups in total. The zero-order chi connectivity index (χ0) is 32.6. The number of aryl methyl sites for hydroxylation is 1. The van der Waals surface area contributed by atoms with Crippen molar-refractivity contribution < 1.29 is 27.7 Å². The average Bonchev–Trinajstić information content (AvgIpc) is 3.04. The molecule has 0 aromatic heterocycles. The standard InChI is InChI=1S/C33H40N4O7S/c1-4-30(33(39)34-26-13-9-6-10-14-26)35(22-25-11-7-5-8-12-25)32(38)23-36(27-16-18-28(44-3)19-17-27)45(42,43)29-20-15-24(2)31(21-29)37(40)41/h5,7-8,11-12,15-21,26,30H,4,6,9-10,13-14,22-23H2,1-3H3,(H,34,39). The molecule has 0 heterocycles. The summed E-state index contributed by atoms with van der Waals surface area (Å²) in [5.74, 6) is -0.392. The first kappa shape index (κ1) is 33.4. The number of methoxy groups -OCH3 is 1. The molecule has 240 valence electrons. The fraction of sp³-hybridized carbons (Fsp3) is 0.394. The Bertz CT molecular complexity index is 1590. The number of nitrogens with one attached hydrogen (secondary N) is 1. The molecule has 0 spiro atoms. The summed E-state index contributed by atoms with van der Waals surface area (Å²) in [4.78, 5) is 40.0. The van der Waals surface area contributed by atoms with E-state index < -0.39 is 33.4 Å². The molecule has 4 rings (SSSR count). The van der Waals surface area contributed by atoms with Gasteiger partial charge in [0.25, 0.3) is 15.7 Å². The summed E-state index contributed by atoms with van der Waals surface area (Å²) in [7, 11) is -3.01. The number of nitro benzene ring substituents is 1. The number of carbonyl (C=O) groups is 2. The molecule has 3 aromatic rings. The molecule has 45 heavy (non-hydrogen) atoms. The highest BCUT2D eigenvalue weighted by Crippen LogP contribution is 2.30. The normalized spacial score (nSPS) is 14.3. The van der Waals surface area contributed by atoms with E-state index in [9.17, 15) is 28.1 Å². The zero-order valence-electron chi connectivity index (χ0n) is 25.8. The highest BCUT2D eigenvalue weighted by molar-refractivity contribution is 7.92. The van der Waals surface area contributed by atoms with Crippen LogP contribution in [0.15, 0.2) is 77.7 Å². The number of rotatable bonds is 13. The second-order valence-electron chi connectivity index (χ2n) is 11.2. The molecular formula is C33H40N4O7S. The fourth-order valence-corrected chi connectivity index (χ4v) is 7.03. The van der Waals surface area contributed by atoms with Gasteiger partial charge in [-0.15, -0.1) is 0 Å². The van der Waals surface area contributed by atoms with Gasteiger partial charge in [0.05, 0.1) is 22.6 Å². The van der Waals surface area contributed by atoms with Gasteiger partial charge in [0.1, 0.15) is 18.3 Å². The van der Waals surface area contributed by atoms with Crippen LogP contribution in [0.2, 0.25) is 0 Å². The molecule has 2 amide bonds. The molecule has 1 aliphatic rings. The molecule has 11 nitrogen and oxygen atoms in total. The molecular weight excluding hydrogens is 596 g/mol. The summed E-state index contributed by atoms with van der Waals surface area (Å²) in [5, 5.41) is 14.8. The monoisotopic (exact) mass is 636 g/mol. The fourth-order valence-electron chi connectivity index (χ4n) is 5.59. The summed E-state index contributed by atoms with van der Waals surface area (Å²) in [6, 6.07) is 18.2. The summed E-state index contributed by atoms with van der Waals surface area (Å²) >= 11 is 0. The number of hydrogen-bond acceptors (Lipinski definition) is 7. The van der Waals surface area contributed by atoms with Gasteiger partial charge in [-0.1, -0.05) is 62.6 Å². The minimum absolute atomic E-state index is 0.0301. The number of amides is 2. The lowest BCUT2D eigenvalue weighted by molar-refractivity contribution is -0.385. The van der Waals surface area contributed by atoms with Crippen LogP contribution >= 0.6 is 0 Å². The number of benzene rings is 3. The van der Waals surface area contributed by atoms with Crippen molar-refractivity contribution in [3.63, 3.8) is 0 Å². The van der Waals surface area contributed by atoms with Crippen molar-refractivity contribution in [2.75, 3.05) is 18.0 Å². The van der Waals surface area contributed by atoms with Gasteiger partial charge in [-0.3, -0.25) is 24.0 Å². The van der Waals surface area contributed by atoms with Crippen molar-refractivity contribution in [2.45, 2.75) is 75.9 Å². The van der Waals surface area contributed by atoms with Crippen LogP contribution in [-0.2, 0) is 26.2 Å². The van der Waals surface area contributed by atoms with Crippen LogP contribution in [0, 0.1) is 17.0 Å². The summed E-state index contributed by atoms with van der Waals surface area (Å²) in [6.07, 6.45) is 5.25. The van der Waals surface area contributed by atoms with Crippen molar-refractivity contribution in [1.82, 2.24) is 10.2 Å². The van der Waals surface area contributed by atoms with Gasteiger partial charge < -0.3 is 15.0 Å². The van der Waals surface area contributed by atoms with Crippen molar-refractivity contribution in [2.24, 2.45) is 0 Å². The first-order valence-electron chi connectivity index (χ1n) is 15.1. The lowest BCUT2D eigenvalue weighted by Gasteiger charge is -2.34. The molecule has 12 heteroatoms. The van der Waals surface area contributed by atoms with E-state index in [2.05, 4.69) is 5.32 Å². The third kappa shape index (κ3) is 8.18.